The topological polar surface area (TPSA) is 78.0 Å². The fourth-order valence-corrected chi connectivity index (χ4v) is 2.64. The van der Waals surface area contributed by atoms with E-state index in [1.165, 1.54) is 0 Å². The molecule has 5 nitrogen and oxygen atoms in total. The molecule has 18 heavy (non-hydrogen) atoms. The van der Waals surface area contributed by atoms with Gasteiger partial charge in [-0.2, -0.15) is 0 Å². The number of imidazole rings is 1. The van der Waals surface area contributed by atoms with Crippen LogP contribution >= 0.6 is 11.6 Å². The summed E-state index contributed by atoms with van der Waals surface area (Å²) in [5.74, 6) is 0.477. The predicted octanol–water partition coefficient (Wildman–Crippen LogP) is 1.71. The number of aryl methyl sites for hydroxylation is 1. The largest absolute Gasteiger partial charge is 0.369 e. The Balaban J connectivity index is 2.38. The highest BCUT2D eigenvalue weighted by atomic mass is 35.5. The number of sulfone groups is 1. The summed E-state index contributed by atoms with van der Waals surface area (Å²) in [6.45, 7) is 1.92. The molecule has 2 aromatic rings. The highest BCUT2D eigenvalue weighted by Crippen LogP contribution is 2.21. The third kappa shape index (κ3) is 2.59. The molecule has 0 bridgehead atoms. The van der Waals surface area contributed by atoms with E-state index >= 15 is 0 Å². The maximum absolute atomic E-state index is 11.5. The molecule has 0 unspecified atom stereocenters. The minimum Gasteiger partial charge on any atom is -0.369 e. The first-order valence-electron chi connectivity index (χ1n) is 5.54. The van der Waals surface area contributed by atoms with Gasteiger partial charge in [0.05, 0.1) is 16.8 Å². The molecule has 7 heteroatoms. The lowest BCUT2D eigenvalue weighted by atomic mass is 10.3. The highest BCUT2D eigenvalue weighted by Gasteiger charge is 2.12. The van der Waals surface area contributed by atoms with Crippen LogP contribution in [-0.2, 0) is 16.4 Å². The van der Waals surface area contributed by atoms with Gasteiger partial charge >= 0.3 is 0 Å². The SMILES string of the molecule is CCS(=O)(=O)CCn1c(N)nc2ccc(Cl)cc21. The number of benzene rings is 1. The number of hydrogen-bond donors (Lipinski definition) is 1. The molecule has 0 atom stereocenters. The summed E-state index contributed by atoms with van der Waals surface area (Å²) in [7, 11) is -3.03. The molecule has 1 aromatic heterocycles. The van der Waals surface area contributed by atoms with Gasteiger partial charge in [0.25, 0.3) is 0 Å². The normalized spacial score (nSPS) is 12.1. The van der Waals surface area contributed by atoms with Crippen LogP contribution in [0.15, 0.2) is 18.2 Å². The second kappa shape index (κ2) is 4.78. The van der Waals surface area contributed by atoms with Crippen molar-refractivity contribution < 1.29 is 8.42 Å². The first kappa shape index (κ1) is 13.2. The Morgan fingerprint density at radius 3 is 2.83 bits per heavy atom. The Labute approximate surface area is 110 Å². The Hall–Kier alpha value is -1.27. The molecule has 0 aliphatic rings. The molecule has 98 valence electrons. The zero-order valence-corrected chi connectivity index (χ0v) is 11.5. The van der Waals surface area contributed by atoms with Crippen molar-refractivity contribution in [2.75, 3.05) is 17.2 Å². The van der Waals surface area contributed by atoms with Gasteiger partial charge in [0, 0.05) is 17.3 Å². The van der Waals surface area contributed by atoms with Crippen LogP contribution in [-0.4, -0.2) is 29.5 Å². The van der Waals surface area contributed by atoms with E-state index in [1.807, 2.05) is 0 Å². The average molecular weight is 288 g/mol. The van der Waals surface area contributed by atoms with Crippen molar-refractivity contribution in [1.82, 2.24) is 9.55 Å². The van der Waals surface area contributed by atoms with Gasteiger partial charge in [-0.25, -0.2) is 13.4 Å². The van der Waals surface area contributed by atoms with Crippen LogP contribution in [0.4, 0.5) is 5.95 Å². The van der Waals surface area contributed by atoms with Gasteiger partial charge in [0.1, 0.15) is 0 Å². The van der Waals surface area contributed by atoms with Crippen molar-refractivity contribution in [2.24, 2.45) is 0 Å². The molecule has 0 spiro atoms. The summed E-state index contributed by atoms with van der Waals surface area (Å²) < 4.78 is 24.7. The standard InChI is InChI=1S/C11H14ClN3O2S/c1-2-18(16,17)6-5-15-10-7-8(12)3-4-9(10)14-11(15)13/h3-4,7H,2,5-6H2,1H3,(H2,13,14). The van der Waals surface area contributed by atoms with Crippen molar-refractivity contribution in [2.45, 2.75) is 13.5 Å². The zero-order chi connectivity index (χ0) is 13.3. The Kier molecular flexibility index (Phi) is 3.49. The molecule has 0 aliphatic carbocycles. The van der Waals surface area contributed by atoms with E-state index in [0.29, 0.717) is 23.0 Å². The van der Waals surface area contributed by atoms with Gasteiger partial charge in [0.2, 0.25) is 5.95 Å². The monoisotopic (exact) mass is 287 g/mol. The number of nitrogen functional groups attached to an aromatic ring is 1. The van der Waals surface area contributed by atoms with Crippen LogP contribution in [0.2, 0.25) is 5.02 Å². The van der Waals surface area contributed by atoms with E-state index < -0.39 is 9.84 Å². The van der Waals surface area contributed by atoms with Gasteiger partial charge in [-0.05, 0) is 18.2 Å². The van der Waals surface area contributed by atoms with Crippen LogP contribution in [0.5, 0.6) is 0 Å². The molecule has 2 rings (SSSR count). The van der Waals surface area contributed by atoms with Crippen LogP contribution in [0.25, 0.3) is 11.0 Å². The molecule has 0 fully saturated rings. The number of hydrogen-bond acceptors (Lipinski definition) is 4. The number of nitrogens with zero attached hydrogens (tertiary/aromatic N) is 2. The van der Waals surface area contributed by atoms with Crippen LogP contribution in [0.1, 0.15) is 6.92 Å². The third-order valence-corrected chi connectivity index (χ3v) is 4.72. The second-order valence-corrected chi connectivity index (χ2v) is 6.90. The molecule has 0 radical (unpaired) electrons. The average Bonchev–Trinajstić information content (AvgIpc) is 2.62. The summed E-state index contributed by atoms with van der Waals surface area (Å²) in [5, 5.41) is 0.571. The minimum atomic E-state index is -3.03. The van der Waals surface area contributed by atoms with Crippen LogP contribution in [0.3, 0.4) is 0 Å². The summed E-state index contributed by atoms with van der Waals surface area (Å²) in [4.78, 5) is 4.17. The van der Waals surface area contributed by atoms with Crippen molar-refractivity contribution in [3.05, 3.63) is 23.2 Å². The predicted molar refractivity (Wildman–Crippen MR) is 73.5 cm³/mol. The quantitative estimate of drug-likeness (QED) is 0.928. The molecule has 0 aliphatic heterocycles. The van der Waals surface area contributed by atoms with Gasteiger partial charge < -0.3 is 10.3 Å². The zero-order valence-electron chi connectivity index (χ0n) is 9.93. The summed E-state index contributed by atoms with van der Waals surface area (Å²) >= 11 is 5.92. The molecule has 1 heterocycles. The third-order valence-electron chi connectivity index (χ3n) is 2.81. The maximum atomic E-state index is 11.5. The number of fused-ring (bicyclic) bond motifs is 1. The number of rotatable bonds is 4. The Morgan fingerprint density at radius 2 is 2.17 bits per heavy atom. The van der Waals surface area contributed by atoms with E-state index in [1.54, 1.807) is 29.7 Å². The lowest BCUT2D eigenvalue weighted by Gasteiger charge is -2.06. The number of nitrogens with two attached hydrogens (primary N) is 1. The molecular formula is C11H14ClN3O2S. The number of aromatic nitrogens is 2. The summed E-state index contributed by atoms with van der Waals surface area (Å²) in [6.07, 6.45) is 0. The lowest BCUT2D eigenvalue weighted by molar-refractivity contribution is 0.591. The Morgan fingerprint density at radius 1 is 1.44 bits per heavy atom. The fraction of sp³-hybridized carbons (Fsp3) is 0.364. The van der Waals surface area contributed by atoms with Gasteiger partial charge in [-0.15, -0.1) is 0 Å². The minimum absolute atomic E-state index is 0.0473. The van der Waals surface area contributed by atoms with Crippen LogP contribution < -0.4 is 5.73 Å². The second-order valence-electron chi connectivity index (χ2n) is 3.99. The first-order valence-corrected chi connectivity index (χ1v) is 7.74. The van der Waals surface area contributed by atoms with E-state index in [9.17, 15) is 8.42 Å². The number of halogens is 1. The first-order chi connectivity index (χ1) is 8.43. The molecule has 0 saturated heterocycles. The van der Waals surface area contributed by atoms with Gasteiger partial charge in [0.15, 0.2) is 9.84 Å². The smallest absolute Gasteiger partial charge is 0.201 e. The lowest BCUT2D eigenvalue weighted by Crippen LogP contribution is -2.15. The summed E-state index contributed by atoms with van der Waals surface area (Å²) in [5.41, 5.74) is 7.26. The molecule has 1 aromatic carbocycles. The molecule has 2 N–H and O–H groups in total. The van der Waals surface area contributed by atoms with Crippen molar-refractivity contribution >= 4 is 38.4 Å². The molecule has 0 saturated carbocycles. The summed E-state index contributed by atoms with van der Waals surface area (Å²) in [6, 6.07) is 5.22. The van der Waals surface area contributed by atoms with Crippen LogP contribution in [0, 0.1) is 0 Å². The van der Waals surface area contributed by atoms with E-state index in [0.717, 1.165) is 5.52 Å². The van der Waals surface area contributed by atoms with Crippen molar-refractivity contribution in [3.8, 4) is 0 Å². The van der Waals surface area contributed by atoms with E-state index in [4.69, 9.17) is 17.3 Å². The highest BCUT2D eigenvalue weighted by molar-refractivity contribution is 7.91. The van der Waals surface area contributed by atoms with Gasteiger partial charge in [-0.1, -0.05) is 18.5 Å². The number of anilines is 1. The molecular weight excluding hydrogens is 274 g/mol. The van der Waals surface area contributed by atoms with E-state index in [2.05, 4.69) is 4.98 Å². The van der Waals surface area contributed by atoms with E-state index in [-0.39, 0.29) is 11.5 Å². The van der Waals surface area contributed by atoms with Gasteiger partial charge in [-0.3, -0.25) is 0 Å². The van der Waals surface area contributed by atoms with Crippen molar-refractivity contribution in [3.63, 3.8) is 0 Å². The fourth-order valence-electron chi connectivity index (χ4n) is 1.72. The van der Waals surface area contributed by atoms with Crippen molar-refractivity contribution in [1.29, 1.82) is 0 Å². The Bertz CT molecular complexity index is 679. The molecule has 0 amide bonds. The maximum Gasteiger partial charge on any atom is 0.201 e.